The van der Waals surface area contributed by atoms with E-state index in [4.69, 9.17) is 0 Å². The lowest BCUT2D eigenvalue weighted by molar-refractivity contribution is -0.119. The maximum Gasteiger partial charge on any atom is 0.264 e. The predicted octanol–water partition coefficient (Wildman–Crippen LogP) is 4.15. The third-order valence-electron chi connectivity index (χ3n) is 4.15. The van der Waals surface area contributed by atoms with Crippen LogP contribution in [0.15, 0.2) is 53.4 Å². The Morgan fingerprint density at radius 3 is 2.28 bits per heavy atom. The summed E-state index contributed by atoms with van der Waals surface area (Å²) in [6.07, 6.45) is 0. The van der Waals surface area contributed by atoms with Crippen LogP contribution < -0.4 is 9.62 Å². The van der Waals surface area contributed by atoms with Crippen LogP contribution in [-0.4, -0.2) is 37.9 Å². The number of nitrogens with one attached hydrogen (secondary N) is 1. The minimum atomic E-state index is -3.87. The van der Waals surface area contributed by atoms with Crippen molar-refractivity contribution in [3.8, 4) is 0 Å². The molecule has 1 N–H and O–H groups in total. The number of carbonyl (C=O) groups excluding carboxylic acids is 1. The lowest BCUT2D eigenvalue weighted by atomic mass is 10.2. The van der Waals surface area contributed by atoms with Gasteiger partial charge in [0.2, 0.25) is 5.91 Å². The zero-order chi connectivity index (χ0) is 21.7. The van der Waals surface area contributed by atoms with E-state index in [9.17, 15) is 13.2 Å². The third-order valence-corrected chi connectivity index (χ3v) is 7.21. The normalized spacial score (nSPS) is 11.9. The Morgan fingerprint density at radius 2 is 1.69 bits per heavy atom. The molecule has 0 aromatic heterocycles. The van der Waals surface area contributed by atoms with E-state index in [0.717, 1.165) is 16.9 Å². The molecule has 0 bridgehead atoms. The molecule has 0 saturated carbocycles. The summed E-state index contributed by atoms with van der Waals surface area (Å²) in [4.78, 5) is 12.7. The fourth-order valence-electron chi connectivity index (χ4n) is 2.67. The zero-order valence-corrected chi connectivity index (χ0v) is 19.4. The first-order chi connectivity index (χ1) is 13.5. The van der Waals surface area contributed by atoms with Gasteiger partial charge in [0, 0.05) is 17.0 Å². The number of thioether (sulfide) groups is 1. The van der Waals surface area contributed by atoms with E-state index in [1.54, 1.807) is 54.2 Å². The molecule has 0 aliphatic carbocycles. The number of hydrogen-bond acceptors (Lipinski definition) is 4. The summed E-state index contributed by atoms with van der Waals surface area (Å²) in [7, 11) is -3.87. The Bertz CT molecular complexity index is 933. The van der Waals surface area contributed by atoms with E-state index in [0.29, 0.717) is 12.2 Å². The monoisotopic (exact) mass is 434 g/mol. The van der Waals surface area contributed by atoms with E-state index < -0.39 is 10.0 Å². The van der Waals surface area contributed by atoms with Crippen LogP contribution in [0.2, 0.25) is 0 Å². The molecule has 0 radical (unpaired) electrons. The highest BCUT2D eigenvalue weighted by molar-refractivity contribution is 8.00. The van der Waals surface area contributed by atoms with Gasteiger partial charge in [-0.1, -0.05) is 50.6 Å². The number of sulfonamides is 1. The summed E-state index contributed by atoms with van der Waals surface area (Å²) in [5.74, 6) is 0.446. The molecule has 2 rings (SSSR count). The van der Waals surface area contributed by atoms with Gasteiger partial charge >= 0.3 is 0 Å². The lowest BCUT2D eigenvalue weighted by Gasteiger charge is -2.24. The molecule has 0 heterocycles. The van der Waals surface area contributed by atoms with E-state index in [2.05, 4.69) is 26.1 Å². The number of rotatable bonds is 8. The van der Waals surface area contributed by atoms with Gasteiger partial charge in [-0.2, -0.15) is 11.8 Å². The quantitative estimate of drug-likeness (QED) is 0.634. The van der Waals surface area contributed by atoms with Gasteiger partial charge in [-0.15, -0.1) is 0 Å². The summed E-state index contributed by atoms with van der Waals surface area (Å²) in [6.45, 7) is 10.4. The molecule has 0 spiro atoms. The fourth-order valence-corrected chi connectivity index (χ4v) is 4.90. The van der Waals surface area contributed by atoms with Crippen molar-refractivity contribution < 1.29 is 13.2 Å². The molecular weight excluding hydrogens is 404 g/mol. The minimum absolute atomic E-state index is 0.118. The minimum Gasteiger partial charge on any atom is -0.354 e. The van der Waals surface area contributed by atoms with Gasteiger partial charge in [-0.3, -0.25) is 9.10 Å². The summed E-state index contributed by atoms with van der Waals surface area (Å²) in [5.41, 5.74) is 2.37. The molecule has 0 aliphatic heterocycles. The molecule has 0 unspecified atom stereocenters. The van der Waals surface area contributed by atoms with Crippen LogP contribution in [0.5, 0.6) is 0 Å². The molecule has 2 aromatic carbocycles. The second kappa shape index (κ2) is 9.67. The molecule has 29 heavy (non-hydrogen) atoms. The smallest absolute Gasteiger partial charge is 0.264 e. The van der Waals surface area contributed by atoms with Crippen molar-refractivity contribution in [3.05, 3.63) is 59.7 Å². The average Bonchev–Trinajstić information content (AvgIpc) is 2.63. The summed E-state index contributed by atoms with van der Waals surface area (Å²) < 4.78 is 27.9. The molecule has 0 saturated heterocycles. The molecule has 0 aliphatic rings. The summed E-state index contributed by atoms with van der Waals surface area (Å²) >= 11 is 1.75. The maximum atomic E-state index is 13.3. The Hall–Kier alpha value is -1.99. The van der Waals surface area contributed by atoms with Crippen LogP contribution in [0, 0.1) is 13.8 Å². The lowest BCUT2D eigenvalue weighted by Crippen LogP contribution is -2.41. The molecule has 0 fully saturated rings. The molecule has 7 heteroatoms. The number of nitrogens with zero attached hydrogens (tertiary/aromatic N) is 1. The van der Waals surface area contributed by atoms with Gasteiger partial charge in [0.15, 0.2) is 0 Å². The van der Waals surface area contributed by atoms with Gasteiger partial charge in [0.25, 0.3) is 10.0 Å². The van der Waals surface area contributed by atoms with Crippen molar-refractivity contribution in [3.63, 3.8) is 0 Å². The highest BCUT2D eigenvalue weighted by atomic mass is 32.2. The van der Waals surface area contributed by atoms with E-state index in [1.165, 1.54) is 4.31 Å². The first kappa shape index (κ1) is 23.3. The number of amides is 1. The van der Waals surface area contributed by atoms with Crippen LogP contribution >= 0.6 is 11.8 Å². The number of aryl methyl sites for hydroxylation is 2. The molecular formula is C22H30N2O3S2. The standard InChI is InChI=1S/C22H30N2O3S2/c1-17-9-11-20(12-10-17)29(26,27)24(19-8-6-7-18(2)15-19)16-21(25)23-13-14-28-22(3,4)5/h6-12,15H,13-14,16H2,1-5H3,(H,23,25). The van der Waals surface area contributed by atoms with E-state index >= 15 is 0 Å². The Balaban J connectivity index is 2.22. The van der Waals surface area contributed by atoms with Gasteiger partial charge in [-0.05, 0) is 43.7 Å². The van der Waals surface area contributed by atoms with Gasteiger partial charge in [0.05, 0.1) is 10.6 Å². The van der Waals surface area contributed by atoms with Crippen molar-refractivity contribution in [2.24, 2.45) is 0 Å². The predicted molar refractivity (Wildman–Crippen MR) is 122 cm³/mol. The van der Waals surface area contributed by atoms with Crippen LogP contribution in [0.3, 0.4) is 0 Å². The molecule has 1 amide bonds. The van der Waals surface area contributed by atoms with Crippen LogP contribution in [0.25, 0.3) is 0 Å². The third kappa shape index (κ3) is 7.08. The van der Waals surface area contributed by atoms with Crippen LogP contribution in [0.4, 0.5) is 5.69 Å². The largest absolute Gasteiger partial charge is 0.354 e. The van der Waals surface area contributed by atoms with Crippen LogP contribution in [0.1, 0.15) is 31.9 Å². The fraction of sp³-hybridized carbons (Fsp3) is 0.409. The number of benzene rings is 2. The first-order valence-corrected chi connectivity index (χ1v) is 12.0. The summed E-state index contributed by atoms with van der Waals surface area (Å²) in [6, 6.07) is 13.8. The van der Waals surface area contributed by atoms with Gasteiger partial charge in [0.1, 0.15) is 6.54 Å². The molecule has 5 nitrogen and oxygen atoms in total. The van der Waals surface area contributed by atoms with Crippen molar-refractivity contribution >= 4 is 33.4 Å². The molecule has 158 valence electrons. The highest BCUT2D eigenvalue weighted by Gasteiger charge is 2.27. The Labute approximate surface area is 178 Å². The molecule has 0 atom stereocenters. The van der Waals surface area contributed by atoms with E-state index in [-0.39, 0.29) is 22.1 Å². The number of carbonyl (C=O) groups is 1. The summed E-state index contributed by atoms with van der Waals surface area (Å²) in [5, 5.41) is 2.84. The second-order valence-corrected chi connectivity index (χ2v) is 11.8. The zero-order valence-electron chi connectivity index (χ0n) is 17.7. The number of anilines is 1. The van der Waals surface area contributed by atoms with Crippen molar-refractivity contribution in [2.45, 2.75) is 44.3 Å². The number of hydrogen-bond donors (Lipinski definition) is 1. The Kier molecular flexibility index (Phi) is 7.77. The highest BCUT2D eigenvalue weighted by Crippen LogP contribution is 2.25. The van der Waals surface area contributed by atoms with Gasteiger partial charge < -0.3 is 5.32 Å². The molecule has 2 aromatic rings. The average molecular weight is 435 g/mol. The van der Waals surface area contributed by atoms with Crippen molar-refractivity contribution in [1.82, 2.24) is 5.32 Å². The maximum absolute atomic E-state index is 13.3. The van der Waals surface area contributed by atoms with Crippen molar-refractivity contribution in [1.29, 1.82) is 0 Å². The van der Waals surface area contributed by atoms with Crippen molar-refractivity contribution in [2.75, 3.05) is 23.1 Å². The topological polar surface area (TPSA) is 66.5 Å². The van der Waals surface area contributed by atoms with Crippen LogP contribution in [-0.2, 0) is 14.8 Å². The van der Waals surface area contributed by atoms with Gasteiger partial charge in [-0.25, -0.2) is 8.42 Å². The Morgan fingerprint density at radius 1 is 1.03 bits per heavy atom. The van der Waals surface area contributed by atoms with E-state index in [1.807, 2.05) is 19.9 Å². The first-order valence-electron chi connectivity index (χ1n) is 9.56. The second-order valence-electron chi connectivity index (χ2n) is 7.97. The SMILES string of the molecule is Cc1ccc(S(=O)(=O)N(CC(=O)NCCSC(C)(C)C)c2cccc(C)c2)cc1.